The Kier molecular flexibility index (Phi) is 7.33. The number of hydrogen-bond acceptors (Lipinski definition) is 4. The van der Waals surface area contributed by atoms with Crippen LogP contribution >= 0.6 is 0 Å². The zero-order valence-electron chi connectivity index (χ0n) is 17.4. The van der Waals surface area contributed by atoms with Crippen LogP contribution in [0.4, 0.5) is 4.79 Å². The minimum absolute atomic E-state index is 0.161. The summed E-state index contributed by atoms with van der Waals surface area (Å²) < 4.78 is 32.3. The van der Waals surface area contributed by atoms with Crippen LogP contribution in [-0.4, -0.2) is 50.8 Å². The van der Waals surface area contributed by atoms with Crippen molar-refractivity contribution in [1.29, 1.82) is 0 Å². The lowest BCUT2D eigenvalue weighted by atomic mass is 9.91. The van der Waals surface area contributed by atoms with E-state index < -0.39 is 10.0 Å². The Morgan fingerprint density at radius 3 is 2.40 bits per heavy atom. The fourth-order valence-electron chi connectivity index (χ4n) is 3.79. The minimum atomic E-state index is -3.38. The highest BCUT2D eigenvalue weighted by atomic mass is 32.2. The first-order valence-corrected chi connectivity index (χ1v) is 12.1. The van der Waals surface area contributed by atoms with Gasteiger partial charge in [-0.15, -0.1) is 0 Å². The number of sulfonamides is 1. The lowest BCUT2D eigenvalue weighted by molar-refractivity contribution is 0.134. The van der Waals surface area contributed by atoms with Crippen LogP contribution in [-0.2, 0) is 16.4 Å². The van der Waals surface area contributed by atoms with E-state index in [9.17, 15) is 13.2 Å². The molecule has 0 aromatic heterocycles. The lowest BCUT2D eigenvalue weighted by Crippen LogP contribution is -2.59. The van der Waals surface area contributed by atoms with E-state index in [1.165, 1.54) is 0 Å². The van der Waals surface area contributed by atoms with Crippen molar-refractivity contribution in [3.05, 3.63) is 60.2 Å². The topological polar surface area (TPSA) is 87.7 Å². The number of ether oxygens (including phenoxy) is 1. The highest BCUT2D eigenvalue weighted by Gasteiger charge is 2.35. The summed E-state index contributed by atoms with van der Waals surface area (Å²) in [6.07, 6.45) is 3.16. The molecule has 2 amide bonds. The van der Waals surface area contributed by atoms with Crippen molar-refractivity contribution in [1.82, 2.24) is 14.9 Å². The van der Waals surface area contributed by atoms with Gasteiger partial charge in [-0.2, -0.15) is 0 Å². The number of likely N-dealkylation sites (tertiary alicyclic amines) is 1. The molecule has 0 aliphatic carbocycles. The number of urea groups is 1. The number of rotatable bonds is 7. The molecule has 2 atom stereocenters. The van der Waals surface area contributed by atoms with Gasteiger partial charge in [-0.3, -0.25) is 0 Å². The second-order valence-corrected chi connectivity index (χ2v) is 9.28. The van der Waals surface area contributed by atoms with Crippen LogP contribution in [0, 0.1) is 0 Å². The van der Waals surface area contributed by atoms with Gasteiger partial charge in [-0.05, 0) is 56.0 Å². The van der Waals surface area contributed by atoms with Crippen LogP contribution in [0.5, 0.6) is 11.5 Å². The molecule has 162 valence electrons. The number of para-hydroxylation sites is 1. The molecular formula is C22H29N3O4S. The Morgan fingerprint density at radius 1 is 1.10 bits per heavy atom. The van der Waals surface area contributed by atoms with Gasteiger partial charge < -0.3 is 15.0 Å². The summed E-state index contributed by atoms with van der Waals surface area (Å²) >= 11 is 0. The van der Waals surface area contributed by atoms with Gasteiger partial charge in [0.1, 0.15) is 11.5 Å². The number of benzene rings is 2. The van der Waals surface area contributed by atoms with E-state index in [4.69, 9.17) is 4.74 Å². The second kappa shape index (κ2) is 9.95. The quantitative estimate of drug-likeness (QED) is 0.705. The smallest absolute Gasteiger partial charge is 0.317 e. The molecule has 1 saturated heterocycles. The Bertz CT molecular complexity index is 933. The first-order valence-electron chi connectivity index (χ1n) is 10.2. The van der Waals surface area contributed by atoms with Crippen LogP contribution in [0.15, 0.2) is 54.6 Å². The van der Waals surface area contributed by atoms with Crippen LogP contribution < -0.4 is 14.8 Å². The molecule has 0 unspecified atom stereocenters. The average Bonchev–Trinajstić information content (AvgIpc) is 2.70. The molecule has 8 heteroatoms. The standard InChI is InChI=1S/C22H29N3O4S/c1-3-23-22(26)25-15-7-10-20(24-30(2,27)28)21(25)16-17-11-13-19(14-12-17)29-18-8-5-4-6-9-18/h4-6,8-9,11-14,20-21,24H,3,7,10,15-16H2,1-2H3,(H,23,26)/t20-,21-/m1/s1. The van der Waals surface area contributed by atoms with Gasteiger partial charge in [-0.1, -0.05) is 30.3 Å². The van der Waals surface area contributed by atoms with Crippen molar-refractivity contribution >= 4 is 16.1 Å². The Morgan fingerprint density at radius 2 is 1.77 bits per heavy atom. The Balaban J connectivity index is 1.76. The van der Waals surface area contributed by atoms with Crippen LogP contribution in [0.2, 0.25) is 0 Å². The molecule has 0 radical (unpaired) electrons. The molecule has 0 spiro atoms. The van der Waals surface area contributed by atoms with E-state index in [0.29, 0.717) is 25.9 Å². The maximum absolute atomic E-state index is 12.6. The molecule has 0 saturated carbocycles. The molecule has 1 fully saturated rings. The zero-order chi connectivity index (χ0) is 21.6. The van der Waals surface area contributed by atoms with Crippen molar-refractivity contribution in [2.45, 2.75) is 38.3 Å². The van der Waals surface area contributed by atoms with Crippen LogP contribution in [0.3, 0.4) is 0 Å². The van der Waals surface area contributed by atoms with Crippen molar-refractivity contribution in [3.8, 4) is 11.5 Å². The van der Waals surface area contributed by atoms with Crippen molar-refractivity contribution in [2.75, 3.05) is 19.3 Å². The molecule has 0 bridgehead atoms. The predicted molar refractivity (Wildman–Crippen MR) is 117 cm³/mol. The first-order chi connectivity index (χ1) is 14.4. The summed E-state index contributed by atoms with van der Waals surface area (Å²) in [4.78, 5) is 14.3. The Hall–Kier alpha value is -2.58. The third-order valence-electron chi connectivity index (χ3n) is 5.08. The summed E-state index contributed by atoms with van der Waals surface area (Å²) in [6, 6.07) is 16.5. The molecule has 1 aliphatic heterocycles. The summed E-state index contributed by atoms with van der Waals surface area (Å²) in [5, 5.41) is 2.84. The molecular weight excluding hydrogens is 402 g/mol. The first kappa shape index (κ1) is 22.1. The van der Waals surface area contributed by atoms with Gasteiger partial charge in [-0.25, -0.2) is 17.9 Å². The number of hydrogen-bond donors (Lipinski definition) is 2. The molecule has 7 nitrogen and oxygen atoms in total. The van der Waals surface area contributed by atoms with E-state index in [2.05, 4.69) is 10.0 Å². The number of amides is 2. The molecule has 1 aliphatic rings. The molecule has 1 heterocycles. The van der Waals surface area contributed by atoms with Crippen LogP contribution in [0.1, 0.15) is 25.3 Å². The SMILES string of the molecule is CCNC(=O)N1CCC[C@@H](NS(C)(=O)=O)[C@H]1Cc1ccc(Oc2ccccc2)cc1. The van der Waals surface area contributed by atoms with E-state index in [-0.39, 0.29) is 18.1 Å². The predicted octanol–water partition coefficient (Wildman–Crippen LogP) is 3.13. The summed E-state index contributed by atoms with van der Waals surface area (Å²) in [5.41, 5.74) is 1.01. The van der Waals surface area contributed by atoms with Gasteiger partial charge in [0.2, 0.25) is 10.0 Å². The van der Waals surface area contributed by atoms with E-state index in [0.717, 1.165) is 29.7 Å². The molecule has 2 aromatic rings. The molecule has 3 rings (SSSR count). The molecule has 2 N–H and O–H groups in total. The van der Waals surface area contributed by atoms with E-state index in [1.807, 2.05) is 61.5 Å². The van der Waals surface area contributed by atoms with Gasteiger partial charge in [0, 0.05) is 19.1 Å². The second-order valence-electron chi connectivity index (χ2n) is 7.50. The number of piperidine rings is 1. The maximum atomic E-state index is 12.6. The zero-order valence-corrected chi connectivity index (χ0v) is 18.2. The fourth-order valence-corrected chi connectivity index (χ4v) is 4.61. The molecule has 30 heavy (non-hydrogen) atoms. The van der Waals surface area contributed by atoms with Gasteiger partial charge >= 0.3 is 6.03 Å². The average molecular weight is 432 g/mol. The summed E-state index contributed by atoms with van der Waals surface area (Å²) in [6.45, 7) is 3.00. The number of carbonyl (C=O) groups excluding carboxylic acids is 1. The van der Waals surface area contributed by atoms with E-state index >= 15 is 0 Å². The molecule has 2 aromatic carbocycles. The van der Waals surface area contributed by atoms with Gasteiger partial charge in [0.25, 0.3) is 0 Å². The number of carbonyl (C=O) groups is 1. The van der Waals surface area contributed by atoms with Crippen molar-refractivity contribution in [3.63, 3.8) is 0 Å². The lowest BCUT2D eigenvalue weighted by Gasteiger charge is -2.41. The monoisotopic (exact) mass is 431 g/mol. The summed E-state index contributed by atoms with van der Waals surface area (Å²) in [7, 11) is -3.38. The highest BCUT2D eigenvalue weighted by molar-refractivity contribution is 7.88. The van der Waals surface area contributed by atoms with Crippen molar-refractivity contribution < 1.29 is 17.9 Å². The Labute approximate surface area is 178 Å². The number of nitrogens with zero attached hydrogens (tertiary/aromatic N) is 1. The highest BCUT2D eigenvalue weighted by Crippen LogP contribution is 2.25. The van der Waals surface area contributed by atoms with Crippen molar-refractivity contribution in [2.24, 2.45) is 0 Å². The third-order valence-corrected chi connectivity index (χ3v) is 5.81. The largest absolute Gasteiger partial charge is 0.457 e. The normalized spacial score (nSPS) is 19.3. The third kappa shape index (κ3) is 6.21. The van der Waals surface area contributed by atoms with E-state index in [1.54, 1.807) is 4.90 Å². The number of nitrogens with one attached hydrogen (secondary N) is 2. The minimum Gasteiger partial charge on any atom is -0.457 e. The van der Waals surface area contributed by atoms with Crippen LogP contribution in [0.25, 0.3) is 0 Å². The fraction of sp³-hybridized carbons (Fsp3) is 0.409. The van der Waals surface area contributed by atoms with Gasteiger partial charge in [0.15, 0.2) is 0 Å². The summed E-state index contributed by atoms with van der Waals surface area (Å²) in [5.74, 6) is 1.48. The maximum Gasteiger partial charge on any atom is 0.317 e. The van der Waals surface area contributed by atoms with Gasteiger partial charge in [0.05, 0.1) is 12.3 Å².